The Morgan fingerprint density at radius 2 is 1.80 bits per heavy atom. The molecule has 3 aromatic carbocycles. The van der Waals surface area contributed by atoms with E-state index < -0.39 is 0 Å². The van der Waals surface area contributed by atoms with Crippen LogP contribution < -0.4 is 9.64 Å². The maximum Gasteiger partial charge on any atom is 0.237 e. The van der Waals surface area contributed by atoms with Crippen LogP contribution in [0.1, 0.15) is 30.9 Å². The normalized spacial score (nSPS) is 11.1. The molecule has 0 unspecified atom stereocenters. The van der Waals surface area contributed by atoms with Crippen LogP contribution in [0.4, 0.5) is 10.8 Å². The lowest BCUT2D eigenvalue weighted by atomic mass is 10.0. The summed E-state index contributed by atoms with van der Waals surface area (Å²) < 4.78 is 6.37. The number of amides is 1. The third-order valence-electron chi connectivity index (χ3n) is 5.03. The third kappa shape index (κ3) is 4.21. The van der Waals surface area contributed by atoms with Crippen molar-refractivity contribution in [2.24, 2.45) is 0 Å². The first kappa shape index (κ1) is 20.1. The maximum atomic E-state index is 13.5. The number of para-hydroxylation sites is 1. The van der Waals surface area contributed by atoms with E-state index in [1.54, 1.807) is 12.0 Å². The van der Waals surface area contributed by atoms with E-state index in [0.29, 0.717) is 11.0 Å². The number of rotatable bonds is 6. The van der Waals surface area contributed by atoms with Crippen LogP contribution in [-0.2, 0) is 11.2 Å². The van der Waals surface area contributed by atoms with E-state index in [4.69, 9.17) is 9.72 Å². The highest BCUT2D eigenvalue weighted by Gasteiger charge is 2.22. The third-order valence-corrected chi connectivity index (χ3v) is 6.05. The highest BCUT2D eigenvalue weighted by molar-refractivity contribution is 7.22. The Morgan fingerprint density at radius 1 is 1.03 bits per heavy atom. The number of carbonyl (C=O) groups excluding carboxylic acids is 1. The molecule has 0 N–H and O–H groups in total. The Balaban J connectivity index is 1.73. The zero-order valence-corrected chi connectivity index (χ0v) is 18.1. The lowest BCUT2D eigenvalue weighted by molar-refractivity contribution is -0.117. The molecule has 0 spiro atoms. The lowest BCUT2D eigenvalue weighted by Gasteiger charge is -2.21. The van der Waals surface area contributed by atoms with Crippen LogP contribution in [-0.4, -0.2) is 18.0 Å². The van der Waals surface area contributed by atoms with Gasteiger partial charge in [-0.3, -0.25) is 9.69 Å². The fourth-order valence-corrected chi connectivity index (χ4v) is 4.37. The first-order valence-electron chi connectivity index (χ1n) is 9.96. The Bertz CT molecular complexity index is 1130. The molecule has 1 aromatic heterocycles. The number of benzene rings is 3. The predicted octanol–water partition coefficient (Wildman–Crippen LogP) is 6.34. The van der Waals surface area contributed by atoms with E-state index in [-0.39, 0.29) is 12.3 Å². The van der Waals surface area contributed by atoms with Gasteiger partial charge in [-0.25, -0.2) is 4.98 Å². The van der Waals surface area contributed by atoms with Gasteiger partial charge in [0.1, 0.15) is 5.75 Å². The fourth-order valence-electron chi connectivity index (χ4n) is 3.36. The molecular formula is C25H24N2O2S. The van der Waals surface area contributed by atoms with Crippen molar-refractivity contribution in [3.8, 4) is 5.75 Å². The number of methoxy groups -OCH3 is 1. The smallest absolute Gasteiger partial charge is 0.237 e. The van der Waals surface area contributed by atoms with E-state index >= 15 is 0 Å². The molecule has 0 bridgehead atoms. The van der Waals surface area contributed by atoms with E-state index in [0.717, 1.165) is 27.2 Å². The van der Waals surface area contributed by atoms with Gasteiger partial charge in [0, 0.05) is 0 Å². The second kappa shape index (κ2) is 8.67. The molecule has 1 amide bonds. The lowest BCUT2D eigenvalue weighted by Crippen LogP contribution is -2.27. The average molecular weight is 417 g/mol. The van der Waals surface area contributed by atoms with Gasteiger partial charge in [-0.05, 0) is 53.4 Å². The van der Waals surface area contributed by atoms with E-state index in [1.165, 1.54) is 16.9 Å². The number of fused-ring (bicyclic) bond motifs is 1. The van der Waals surface area contributed by atoms with Crippen LogP contribution in [0.3, 0.4) is 0 Å². The number of nitrogens with zero attached hydrogens (tertiary/aromatic N) is 2. The van der Waals surface area contributed by atoms with Crippen LogP contribution in [0, 0.1) is 0 Å². The maximum absolute atomic E-state index is 13.5. The Kier molecular flexibility index (Phi) is 5.81. The monoisotopic (exact) mass is 416 g/mol. The molecule has 1 heterocycles. The zero-order chi connectivity index (χ0) is 21.1. The van der Waals surface area contributed by atoms with Gasteiger partial charge in [0.05, 0.1) is 29.4 Å². The van der Waals surface area contributed by atoms with Gasteiger partial charge in [0.25, 0.3) is 0 Å². The van der Waals surface area contributed by atoms with Gasteiger partial charge in [-0.2, -0.15) is 0 Å². The van der Waals surface area contributed by atoms with Crippen LogP contribution in [0.25, 0.3) is 10.2 Å². The summed E-state index contributed by atoms with van der Waals surface area (Å²) >= 11 is 1.53. The summed E-state index contributed by atoms with van der Waals surface area (Å²) in [6.07, 6.45) is 0.263. The van der Waals surface area contributed by atoms with Crippen LogP contribution in [0.5, 0.6) is 5.75 Å². The topological polar surface area (TPSA) is 42.4 Å². The predicted molar refractivity (Wildman–Crippen MR) is 124 cm³/mol. The molecule has 0 radical (unpaired) electrons. The van der Waals surface area contributed by atoms with Crippen molar-refractivity contribution in [1.29, 1.82) is 0 Å². The summed E-state index contributed by atoms with van der Waals surface area (Å²) in [6, 6.07) is 23.8. The van der Waals surface area contributed by atoms with Crippen molar-refractivity contribution in [1.82, 2.24) is 4.98 Å². The van der Waals surface area contributed by atoms with E-state index in [2.05, 4.69) is 26.0 Å². The SMILES string of the molecule is COc1cccc(CC(=O)N(c2ccc(C(C)C)cc2)c2nc3ccccc3s2)c1. The molecule has 152 valence electrons. The Labute approximate surface area is 180 Å². The Hall–Kier alpha value is -3.18. The second-order valence-corrected chi connectivity index (χ2v) is 8.48. The minimum Gasteiger partial charge on any atom is -0.497 e. The molecule has 0 aliphatic heterocycles. The molecule has 0 saturated carbocycles. The largest absolute Gasteiger partial charge is 0.497 e. The van der Waals surface area contributed by atoms with Crippen molar-refractivity contribution in [3.63, 3.8) is 0 Å². The van der Waals surface area contributed by atoms with Gasteiger partial charge in [0.15, 0.2) is 5.13 Å². The summed E-state index contributed by atoms with van der Waals surface area (Å²) in [6.45, 7) is 4.32. The van der Waals surface area contributed by atoms with Gasteiger partial charge < -0.3 is 4.74 Å². The second-order valence-electron chi connectivity index (χ2n) is 7.47. The average Bonchev–Trinajstić information content (AvgIpc) is 3.18. The summed E-state index contributed by atoms with van der Waals surface area (Å²) in [5.41, 5.74) is 3.87. The highest BCUT2D eigenvalue weighted by Crippen LogP contribution is 2.34. The number of aromatic nitrogens is 1. The first-order chi connectivity index (χ1) is 14.5. The summed E-state index contributed by atoms with van der Waals surface area (Å²) in [5, 5.41) is 0.682. The molecule has 0 fully saturated rings. The van der Waals surface area contributed by atoms with Gasteiger partial charge in [-0.15, -0.1) is 0 Å². The van der Waals surface area contributed by atoms with Gasteiger partial charge in [0.2, 0.25) is 5.91 Å². The standard InChI is InChI=1S/C25H24N2O2S/c1-17(2)19-11-13-20(14-12-19)27(25-26-22-9-4-5-10-23(22)30-25)24(28)16-18-7-6-8-21(15-18)29-3/h4-15,17H,16H2,1-3H3. The van der Waals surface area contributed by atoms with Crippen LogP contribution >= 0.6 is 11.3 Å². The number of hydrogen-bond acceptors (Lipinski definition) is 4. The number of hydrogen-bond donors (Lipinski definition) is 0. The first-order valence-corrected chi connectivity index (χ1v) is 10.8. The van der Waals surface area contributed by atoms with Crippen molar-refractivity contribution >= 4 is 38.3 Å². The Morgan fingerprint density at radius 3 is 2.50 bits per heavy atom. The molecule has 0 atom stereocenters. The number of carbonyl (C=O) groups is 1. The molecule has 30 heavy (non-hydrogen) atoms. The van der Waals surface area contributed by atoms with Gasteiger partial charge >= 0.3 is 0 Å². The highest BCUT2D eigenvalue weighted by atomic mass is 32.1. The number of ether oxygens (including phenoxy) is 1. The zero-order valence-electron chi connectivity index (χ0n) is 17.3. The van der Waals surface area contributed by atoms with E-state index in [1.807, 2.05) is 60.7 Å². The quantitative estimate of drug-likeness (QED) is 0.368. The number of thiazole rings is 1. The van der Waals surface area contributed by atoms with Crippen molar-refractivity contribution in [3.05, 3.63) is 83.9 Å². The molecule has 0 aliphatic rings. The van der Waals surface area contributed by atoms with Crippen LogP contribution in [0.15, 0.2) is 72.8 Å². The van der Waals surface area contributed by atoms with Gasteiger partial charge in [-0.1, -0.05) is 61.6 Å². The molecule has 0 aliphatic carbocycles. The molecule has 5 heteroatoms. The van der Waals surface area contributed by atoms with Crippen molar-refractivity contribution in [2.75, 3.05) is 12.0 Å². The van der Waals surface area contributed by atoms with Crippen LogP contribution in [0.2, 0.25) is 0 Å². The molecule has 0 saturated heterocycles. The minimum atomic E-state index is -0.0281. The van der Waals surface area contributed by atoms with Crippen molar-refractivity contribution in [2.45, 2.75) is 26.2 Å². The fraction of sp³-hybridized carbons (Fsp3) is 0.200. The van der Waals surface area contributed by atoms with E-state index in [9.17, 15) is 4.79 Å². The molecule has 4 aromatic rings. The molecule has 4 nitrogen and oxygen atoms in total. The molecule has 4 rings (SSSR count). The summed E-state index contributed by atoms with van der Waals surface area (Å²) in [4.78, 5) is 19.9. The molecular weight excluding hydrogens is 392 g/mol. The summed E-state index contributed by atoms with van der Waals surface area (Å²) in [5.74, 6) is 1.15. The number of anilines is 2. The summed E-state index contributed by atoms with van der Waals surface area (Å²) in [7, 11) is 1.63. The van der Waals surface area contributed by atoms with Crippen molar-refractivity contribution < 1.29 is 9.53 Å². The minimum absolute atomic E-state index is 0.0281.